The van der Waals surface area contributed by atoms with Crippen LogP contribution < -0.4 is 11.5 Å². The Morgan fingerprint density at radius 1 is 1.24 bits per heavy atom. The van der Waals surface area contributed by atoms with Crippen LogP contribution >= 0.6 is 0 Å². The van der Waals surface area contributed by atoms with Gasteiger partial charge in [0.1, 0.15) is 5.82 Å². The summed E-state index contributed by atoms with van der Waals surface area (Å²) in [5.41, 5.74) is 12.0. The summed E-state index contributed by atoms with van der Waals surface area (Å²) < 4.78 is 14.4. The summed E-state index contributed by atoms with van der Waals surface area (Å²) in [7, 11) is 0. The molecule has 2 aromatic rings. The number of halogens is 1. The monoisotopic (exact) mass is 233 g/mol. The number of aromatic nitrogens is 2. The first kappa shape index (κ1) is 11.1. The topological polar surface area (TPSA) is 82.2 Å². The summed E-state index contributed by atoms with van der Waals surface area (Å²) in [4.78, 5) is 3.85. The standard InChI is InChI=1S/C11H12FN5/c12-8-1-3-10(4-2-8)17-6-5-9(16-17)7-15-11(13)14/h1-6H,7H2,(H4,13,14,15). The van der Waals surface area contributed by atoms with Crippen LogP contribution in [0.5, 0.6) is 0 Å². The second-order valence-corrected chi connectivity index (χ2v) is 3.47. The SMILES string of the molecule is NC(N)=NCc1ccn(-c2ccc(F)cc2)n1. The Morgan fingerprint density at radius 2 is 1.94 bits per heavy atom. The van der Waals surface area contributed by atoms with Gasteiger partial charge in [-0.1, -0.05) is 0 Å². The smallest absolute Gasteiger partial charge is 0.186 e. The molecule has 17 heavy (non-hydrogen) atoms. The first-order valence-electron chi connectivity index (χ1n) is 5.01. The van der Waals surface area contributed by atoms with Crippen LogP contribution in [0.3, 0.4) is 0 Å². The van der Waals surface area contributed by atoms with E-state index in [9.17, 15) is 4.39 Å². The van der Waals surface area contributed by atoms with Gasteiger partial charge in [-0.3, -0.25) is 0 Å². The zero-order valence-electron chi connectivity index (χ0n) is 9.05. The van der Waals surface area contributed by atoms with Crippen LogP contribution in [-0.2, 0) is 6.54 Å². The highest BCUT2D eigenvalue weighted by Crippen LogP contribution is 2.09. The summed E-state index contributed by atoms with van der Waals surface area (Å²) in [6, 6.07) is 7.86. The molecule has 88 valence electrons. The molecule has 0 bridgehead atoms. The largest absolute Gasteiger partial charge is 0.370 e. The van der Waals surface area contributed by atoms with Crippen molar-refractivity contribution in [3.05, 3.63) is 48.0 Å². The molecule has 2 rings (SSSR count). The van der Waals surface area contributed by atoms with E-state index in [4.69, 9.17) is 11.5 Å². The summed E-state index contributed by atoms with van der Waals surface area (Å²) >= 11 is 0. The van der Waals surface area contributed by atoms with Crippen LogP contribution in [0.2, 0.25) is 0 Å². The van der Waals surface area contributed by atoms with Crippen molar-refractivity contribution in [2.45, 2.75) is 6.54 Å². The van der Waals surface area contributed by atoms with Gasteiger partial charge in [0.15, 0.2) is 5.96 Å². The predicted octanol–water partition coefficient (Wildman–Crippen LogP) is 0.785. The number of benzene rings is 1. The fraction of sp³-hybridized carbons (Fsp3) is 0.0909. The van der Waals surface area contributed by atoms with Crippen molar-refractivity contribution in [2.24, 2.45) is 16.5 Å². The number of guanidine groups is 1. The van der Waals surface area contributed by atoms with Gasteiger partial charge in [-0.25, -0.2) is 14.1 Å². The van der Waals surface area contributed by atoms with E-state index in [2.05, 4.69) is 10.1 Å². The van der Waals surface area contributed by atoms with Gasteiger partial charge in [-0.2, -0.15) is 5.10 Å². The van der Waals surface area contributed by atoms with Gasteiger partial charge in [-0.15, -0.1) is 0 Å². The first-order chi connectivity index (χ1) is 8.15. The molecule has 0 saturated carbocycles. The molecular weight excluding hydrogens is 221 g/mol. The highest BCUT2D eigenvalue weighted by Gasteiger charge is 2.00. The molecule has 1 heterocycles. The molecular formula is C11H12FN5. The maximum atomic E-state index is 12.7. The van der Waals surface area contributed by atoms with Crippen LogP contribution in [0.25, 0.3) is 5.69 Å². The maximum Gasteiger partial charge on any atom is 0.186 e. The van der Waals surface area contributed by atoms with E-state index < -0.39 is 0 Å². The Bertz CT molecular complexity index is 525. The van der Waals surface area contributed by atoms with Crippen LogP contribution in [-0.4, -0.2) is 15.7 Å². The number of aliphatic imine (C=N–C) groups is 1. The van der Waals surface area contributed by atoms with Gasteiger partial charge in [0.25, 0.3) is 0 Å². The molecule has 0 amide bonds. The van der Waals surface area contributed by atoms with Crippen LogP contribution in [0.1, 0.15) is 5.69 Å². The molecule has 0 aliphatic heterocycles. The molecule has 0 spiro atoms. The Labute approximate surface area is 97.6 Å². The molecule has 0 fully saturated rings. The van der Waals surface area contributed by atoms with Crippen LogP contribution in [0, 0.1) is 5.82 Å². The third-order valence-corrected chi connectivity index (χ3v) is 2.16. The lowest BCUT2D eigenvalue weighted by atomic mass is 10.3. The molecule has 6 heteroatoms. The number of hydrogen-bond donors (Lipinski definition) is 2. The minimum atomic E-state index is -0.276. The van der Waals surface area contributed by atoms with Crippen LogP contribution in [0.15, 0.2) is 41.5 Å². The molecule has 0 aliphatic carbocycles. The van der Waals surface area contributed by atoms with Crippen molar-refractivity contribution < 1.29 is 4.39 Å². The molecule has 0 aliphatic rings. The predicted molar refractivity (Wildman–Crippen MR) is 63.0 cm³/mol. The van der Waals surface area contributed by atoms with Crippen molar-refractivity contribution in [3.8, 4) is 5.69 Å². The Morgan fingerprint density at radius 3 is 2.59 bits per heavy atom. The number of nitrogens with two attached hydrogens (primary N) is 2. The second kappa shape index (κ2) is 4.65. The average Bonchev–Trinajstić information content (AvgIpc) is 2.76. The maximum absolute atomic E-state index is 12.7. The lowest BCUT2D eigenvalue weighted by molar-refractivity contribution is 0.627. The summed E-state index contributed by atoms with van der Waals surface area (Å²) in [5.74, 6) is -0.247. The minimum absolute atomic E-state index is 0.0290. The quantitative estimate of drug-likeness (QED) is 0.607. The second-order valence-electron chi connectivity index (χ2n) is 3.47. The van der Waals surface area contributed by atoms with Crippen molar-refractivity contribution in [2.75, 3.05) is 0 Å². The average molecular weight is 233 g/mol. The number of hydrogen-bond acceptors (Lipinski definition) is 2. The number of rotatable bonds is 3. The van der Waals surface area contributed by atoms with Crippen LogP contribution in [0.4, 0.5) is 4.39 Å². The molecule has 0 radical (unpaired) electrons. The van der Waals surface area contributed by atoms with Gasteiger partial charge >= 0.3 is 0 Å². The molecule has 1 aromatic carbocycles. The Kier molecular flexibility index (Phi) is 3.04. The molecule has 1 aromatic heterocycles. The lowest BCUT2D eigenvalue weighted by Crippen LogP contribution is -2.22. The normalized spacial score (nSPS) is 10.2. The zero-order chi connectivity index (χ0) is 12.3. The van der Waals surface area contributed by atoms with E-state index in [1.807, 2.05) is 0 Å². The minimum Gasteiger partial charge on any atom is -0.370 e. The first-order valence-corrected chi connectivity index (χ1v) is 5.01. The van der Waals surface area contributed by atoms with Crippen molar-refractivity contribution in [3.63, 3.8) is 0 Å². The van der Waals surface area contributed by atoms with Gasteiger partial charge < -0.3 is 11.5 Å². The molecule has 4 N–H and O–H groups in total. The molecule has 0 saturated heterocycles. The highest BCUT2D eigenvalue weighted by atomic mass is 19.1. The van der Waals surface area contributed by atoms with E-state index in [0.29, 0.717) is 6.54 Å². The lowest BCUT2D eigenvalue weighted by Gasteiger charge is -2.00. The fourth-order valence-corrected chi connectivity index (χ4v) is 1.36. The molecule has 5 nitrogen and oxygen atoms in total. The van der Waals surface area contributed by atoms with Gasteiger partial charge in [-0.05, 0) is 30.3 Å². The van der Waals surface area contributed by atoms with Gasteiger partial charge in [0, 0.05) is 6.20 Å². The fourth-order valence-electron chi connectivity index (χ4n) is 1.36. The molecule has 0 unspecified atom stereocenters. The summed E-state index contributed by atoms with van der Waals surface area (Å²) in [6.45, 7) is 0.330. The third kappa shape index (κ3) is 2.81. The molecule has 0 atom stereocenters. The number of nitrogens with zero attached hydrogens (tertiary/aromatic N) is 3. The van der Waals surface area contributed by atoms with Crippen molar-refractivity contribution in [1.82, 2.24) is 9.78 Å². The Balaban J connectivity index is 2.18. The van der Waals surface area contributed by atoms with Crippen molar-refractivity contribution >= 4 is 5.96 Å². The third-order valence-electron chi connectivity index (χ3n) is 2.16. The van der Waals surface area contributed by atoms with Crippen molar-refractivity contribution in [1.29, 1.82) is 0 Å². The van der Waals surface area contributed by atoms with Gasteiger partial charge in [0.2, 0.25) is 0 Å². The van der Waals surface area contributed by atoms with E-state index >= 15 is 0 Å². The van der Waals surface area contributed by atoms with E-state index in [0.717, 1.165) is 11.4 Å². The highest BCUT2D eigenvalue weighted by molar-refractivity contribution is 5.75. The van der Waals surface area contributed by atoms with Gasteiger partial charge in [0.05, 0.1) is 17.9 Å². The Hall–Kier alpha value is -2.37. The summed E-state index contributed by atoms with van der Waals surface area (Å²) in [5, 5.41) is 4.26. The summed E-state index contributed by atoms with van der Waals surface area (Å²) in [6.07, 6.45) is 1.77. The van der Waals surface area contributed by atoms with E-state index in [-0.39, 0.29) is 11.8 Å². The van der Waals surface area contributed by atoms with E-state index in [1.54, 1.807) is 29.1 Å². The van der Waals surface area contributed by atoms with E-state index in [1.165, 1.54) is 12.1 Å². The zero-order valence-corrected chi connectivity index (χ0v) is 9.05.